The van der Waals surface area contributed by atoms with Crippen LogP contribution in [0.15, 0.2) is 36.4 Å². The molecule has 0 spiro atoms. The van der Waals surface area contributed by atoms with Crippen LogP contribution in [0.1, 0.15) is 17.5 Å². The fraction of sp³-hybridized carbons (Fsp3) is 0.176. The number of anilines is 2. The Morgan fingerprint density at radius 3 is 2.00 bits per heavy atom. The molecule has 2 rings (SSSR count). The number of hydrogen-bond donors (Lipinski definition) is 2. The van der Waals surface area contributed by atoms with Gasteiger partial charge in [0.15, 0.2) is 0 Å². The van der Waals surface area contributed by atoms with Crippen LogP contribution in [-0.2, 0) is 9.59 Å². The minimum absolute atomic E-state index is 0.294. The first-order chi connectivity index (χ1) is 10.8. The zero-order valence-electron chi connectivity index (χ0n) is 12.7. The largest absolute Gasteiger partial charge is 0.326 e. The van der Waals surface area contributed by atoms with Gasteiger partial charge in [-0.2, -0.15) is 0 Å². The first kappa shape index (κ1) is 17.3. The topological polar surface area (TPSA) is 58.2 Å². The fourth-order valence-electron chi connectivity index (χ4n) is 2.17. The maximum absolute atomic E-state index is 12.0. The van der Waals surface area contributed by atoms with E-state index >= 15 is 0 Å². The molecule has 4 nitrogen and oxygen atoms in total. The molecule has 2 amide bonds. The Hall–Kier alpha value is -2.04. The second-order valence-corrected chi connectivity index (χ2v) is 6.07. The number of hydrogen-bond acceptors (Lipinski definition) is 2. The van der Waals surface area contributed by atoms with Gasteiger partial charge in [0.1, 0.15) is 6.42 Å². The van der Waals surface area contributed by atoms with Crippen molar-refractivity contribution in [3.05, 3.63) is 57.6 Å². The average Bonchev–Trinajstić information content (AvgIpc) is 2.41. The van der Waals surface area contributed by atoms with E-state index in [1.807, 2.05) is 32.0 Å². The molecule has 0 saturated heterocycles. The van der Waals surface area contributed by atoms with E-state index < -0.39 is 5.91 Å². The van der Waals surface area contributed by atoms with E-state index in [0.29, 0.717) is 15.7 Å². The van der Waals surface area contributed by atoms with Crippen molar-refractivity contribution in [3.8, 4) is 0 Å². The van der Waals surface area contributed by atoms with Crippen molar-refractivity contribution in [1.29, 1.82) is 0 Å². The zero-order valence-corrected chi connectivity index (χ0v) is 14.3. The highest BCUT2D eigenvalue weighted by atomic mass is 35.5. The first-order valence-electron chi connectivity index (χ1n) is 6.97. The summed E-state index contributed by atoms with van der Waals surface area (Å²) in [7, 11) is 0. The number of nitrogens with one attached hydrogen (secondary N) is 2. The third kappa shape index (κ3) is 4.98. The van der Waals surface area contributed by atoms with Crippen molar-refractivity contribution in [3.63, 3.8) is 0 Å². The fourth-order valence-corrected chi connectivity index (χ4v) is 2.70. The lowest BCUT2D eigenvalue weighted by Gasteiger charge is -2.11. The summed E-state index contributed by atoms with van der Waals surface area (Å²) in [5.74, 6) is -0.819. The lowest BCUT2D eigenvalue weighted by Crippen LogP contribution is -2.22. The SMILES string of the molecule is Cc1cccc(C)c1NC(=O)CC(=O)Nc1cc(Cl)cc(Cl)c1. The second-order valence-electron chi connectivity index (χ2n) is 5.20. The Morgan fingerprint density at radius 2 is 1.43 bits per heavy atom. The summed E-state index contributed by atoms with van der Waals surface area (Å²) in [6.07, 6.45) is -0.294. The van der Waals surface area contributed by atoms with Crippen LogP contribution in [0.4, 0.5) is 11.4 Å². The monoisotopic (exact) mass is 350 g/mol. The van der Waals surface area contributed by atoms with Gasteiger partial charge in [-0.05, 0) is 43.2 Å². The summed E-state index contributed by atoms with van der Waals surface area (Å²) in [4.78, 5) is 24.0. The van der Waals surface area contributed by atoms with Gasteiger partial charge in [0.2, 0.25) is 11.8 Å². The summed E-state index contributed by atoms with van der Waals surface area (Å²) in [5.41, 5.74) is 3.07. The highest BCUT2D eigenvalue weighted by Crippen LogP contribution is 2.23. The maximum Gasteiger partial charge on any atom is 0.233 e. The molecular formula is C17H16Cl2N2O2. The molecule has 0 aromatic heterocycles. The van der Waals surface area contributed by atoms with Gasteiger partial charge in [-0.15, -0.1) is 0 Å². The molecule has 6 heteroatoms. The average molecular weight is 351 g/mol. The molecule has 0 saturated carbocycles. The molecule has 2 N–H and O–H groups in total. The Balaban J connectivity index is 1.98. The van der Waals surface area contributed by atoms with Crippen LogP contribution in [0.25, 0.3) is 0 Å². The summed E-state index contributed by atoms with van der Waals surface area (Å²) in [5, 5.41) is 6.19. The molecule has 0 aliphatic heterocycles. The molecule has 0 aliphatic rings. The van der Waals surface area contributed by atoms with Crippen molar-refractivity contribution >= 4 is 46.4 Å². The van der Waals surface area contributed by atoms with E-state index in [2.05, 4.69) is 10.6 Å². The first-order valence-corrected chi connectivity index (χ1v) is 7.73. The Labute approximate surface area is 144 Å². The maximum atomic E-state index is 12.0. The predicted molar refractivity (Wildman–Crippen MR) is 94.3 cm³/mol. The van der Waals surface area contributed by atoms with Gasteiger partial charge in [0.05, 0.1) is 0 Å². The van der Waals surface area contributed by atoms with E-state index in [9.17, 15) is 9.59 Å². The molecule has 0 heterocycles. The Morgan fingerprint density at radius 1 is 0.913 bits per heavy atom. The second kappa shape index (κ2) is 7.49. The van der Waals surface area contributed by atoms with Gasteiger partial charge < -0.3 is 10.6 Å². The number of para-hydroxylation sites is 1. The summed E-state index contributed by atoms with van der Waals surface area (Å²) in [6.45, 7) is 3.80. The van der Waals surface area contributed by atoms with E-state index in [0.717, 1.165) is 16.8 Å². The van der Waals surface area contributed by atoms with Gasteiger partial charge in [-0.3, -0.25) is 9.59 Å². The van der Waals surface area contributed by atoms with Crippen molar-refractivity contribution in [1.82, 2.24) is 0 Å². The number of aryl methyl sites for hydroxylation is 2. The molecule has 0 radical (unpaired) electrons. The molecule has 0 aliphatic carbocycles. The van der Waals surface area contributed by atoms with Crippen LogP contribution in [-0.4, -0.2) is 11.8 Å². The summed E-state index contributed by atoms with van der Waals surface area (Å²) < 4.78 is 0. The number of carbonyl (C=O) groups is 2. The number of rotatable bonds is 4. The van der Waals surface area contributed by atoms with Crippen LogP contribution in [0.3, 0.4) is 0 Å². The smallest absolute Gasteiger partial charge is 0.233 e. The lowest BCUT2D eigenvalue weighted by molar-refractivity contribution is -0.123. The molecule has 0 unspecified atom stereocenters. The Bertz CT molecular complexity index is 720. The van der Waals surface area contributed by atoms with Crippen LogP contribution in [0.2, 0.25) is 10.0 Å². The standard InChI is InChI=1S/C17H16Cl2N2O2/c1-10-4-3-5-11(2)17(10)21-16(23)9-15(22)20-14-7-12(18)6-13(19)8-14/h3-8H,9H2,1-2H3,(H,20,22)(H,21,23). The molecule has 0 bridgehead atoms. The number of benzene rings is 2. The van der Waals surface area contributed by atoms with Crippen molar-refractivity contribution in [2.24, 2.45) is 0 Å². The Kier molecular flexibility index (Phi) is 5.64. The normalized spacial score (nSPS) is 10.3. The summed E-state index contributed by atoms with van der Waals surface area (Å²) >= 11 is 11.7. The zero-order chi connectivity index (χ0) is 17.0. The van der Waals surface area contributed by atoms with Gasteiger partial charge in [-0.25, -0.2) is 0 Å². The third-order valence-electron chi connectivity index (χ3n) is 3.21. The summed E-state index contributed by atoms with van der Waals surface area (Å²) in [6, 6.07) is 10.4. The van der Waals surface area contributed by atoms with Crippen molar-refractivity contribution in [2.45, 2.75) is 20.3 Å². The third-order valence-corrected chi connectivity index (χ3v) is 3.65. The lowest BCUT2D eigenvalue weighted by atomic mass is 10.1. The van der Waals surface area contributed by atoms with Gasteiger partial charge in [0, 0.05) is 21.4 Å². The van der Waals surface area contributed by atoms with E-state index in [-0.39, 0.29) is 12.3 Å². The van der Waals surface area contributed by atoms with Crippen LogP contribution in [0, 0.1) is 13.8 Å². The highest BCUT2D eigenvalue weighted by molar-refractivity contribution is 6.35. The molecule has 2 aromatic rings. The van der Waals surface area contributed by atoms with Crippen LogP contribution >= 0.6 is 23.2 Å². The molecule has 0 atom stereocenters. The number of amides is 2. The van der Waals surface area contributed by atoms with Crippen LogP contribution in [0.5, 0.6) is 0 Å². The molecular weight excluding hydrogens is 335 g/mol. The van der Waals surface area contributed by atoms with Gasteiger partial charge >= 0.3 is 0 Å². The number of halogens is 2. The molecule has 23 heavy (non-hydrogen) atoms. The quantitative estimate of drug-likeness (QED) is 0.793. The van der Waals surface area contributed by atoms with E-state index in [1.165, 1.54) is 0 Å². The minimum atomic E-state index is -0.438. The van der Waals surface area contributed by atoms with Gasteiger partial charge in [0.25, 0.3) is 0 Å². The highest BCUT2D eigenvalue weighted by Gasteiger charge is 2.12. The van der Waals surface area contributed by atoms with Crippen molar-refractivity contribution < 1.29 is 9.59 Å². The minimum Gasteiger partial charge on any atom is -0.326 e. The predicted octanol–water partition coefficient (Wildman–Crippen LogP) is 4.58. The molecule has 2 aromatic carbocycles. The van der Waals surface area contributed by atoms with E-state index in [4.69, 9.17) is 23.2 Å². The van der Waals surface area contributed by atoms with Crippen LogP contribution < -0.4 is 10.6 Å². The van der Waals surface area contributed by atoms with E-state index in [1.54, 1.807) is 18.2 Å². The van der Waals surface area contributed by atoms with Crippen molar-refractivity contribution in [2.75, 3.05) is 10.6 Å². The molecule has 120 valence electrons. The number of carbonyl (C=O) groups excluding carboxylic acids is 2. The molecule has 0 fully saturated rings. The van der Waals surface area contributed by atoms with Gasteiger partial charge in [-0.1, -0.05) is 41.4 Å².